The van der Waals surface area contributed by atoms with Gasteiger partial charge in [0.15, 0.2) is 5.75 Å². The summed E-state index contributed by atoms with van der Waals surface area (Å²) in [5.74, 6) is 0.383. The first kappa shape index (κ1) is 17.2. The highest BCUT2D eigenvalue weighted by Gasteiger charge is 2.21. The SMILES string of the molecule is Cc1cnc(Br)c(OCc2ccccc2)c1C(=O)Oc1ccccc1. The van der Waals surface area contributed by atoms with Crippen molar-refractivity contribution in [3.8, 4) is 11.5 Å². The second-order valence-electron chi connectivity index (χ2n) is 5.41. The lowest BCUT2D eigenvalue weighted by Crippen LogP contribution is -2.14. The Balaban J connectivity index is 1.87. The molecule has 1 aromatic heterocycles. The minimum atomic E-state index is -0.477. The molecular formula is C20H16BrNO3. The number of halogens is 1. The molecule has 5 heteroatoms. The van der Waals surface area contributed by atoms with Gasteiger partial charge in [0.2, 0.25) is 0 Å². The van der Waals surface area contributed by atoms with Crippen LogP contribution in [0.25, 0.3) is 0 Å². The summed E-state index contributed by atoms with van der Waals surface area (Å²) in [6.45, 7) is 2.13. The summed E-state index contributed by atoms with van der Waals surface area (Å²) < 4.78 is 11.8. The second-order valence-corrected chi connectivity index (χ2v) is 6.16. The molecule has 0 amide bonds. The number of nitrogens with zero attached hydrogens (tertiary/aromatic N) is 1. The Morgan fingerprint density at radius 2 is 1.68 bits per heavy atom. The Kier molecular flexibility index (Phi) is 5.46. The third-order valence-electron chi connectivity index (χ3n) is 3.56. The van der Waals surface area contributed by atoms with Crippen LogP contribution in [-0.4, -0.2) is 11.0 Å². The standard InChI is InChI=1S/C20H16BrNO3/c1-14-12-22-19(21)18(24-13-15-8-4-2-5-9-15)17(14)20(23)25-16-10-6-3-7-11-16/h2-12H,13H2,1H3. The molecule has 0 atom stereocenters. The number of hydrogen-bond acceptors (Lipinski definition) is 4. The number of aromatic nitrogens is 1. The minimum absolute atomic E-state index is 0.330. The van der Waals surface area contributed by atoms with Gasteiger partial charge < -0.3 is 9.47 Å². The Morgan fingerprint density at radius 3 is 2.36 bits per heavy atom. The van der Waals surface area contributed by atoms with Crippen LogP contribution < -0.4 is 9.47 Å². The number of esters is 1. The van der Waals surface area contributed by atoms with Crippen molar-refractivity contribution in [2.75, 3.05) is 0 Å². The van der Waals surface area contributed by atoms with Gasteiger partial charge in [-0.2, -0.15) is 0 Å². The fraction of sp³-hybridized carbons (Fsp3) is 0.100. The summed E-state index contributed by atoms with van der Waals surface area (Å²) >= 11 is 3.36. The van der Waals surface area contributed by atoms with Gasteiger partial charge in [-0.15, -0.1) is 0 Å². The summed E-state index contributed by atoms with van der Waals surface area (Å²) in [6.07, 6.45) is 1.61. The Morgan fingerprint density at radius 1 is 1.04 bits per heavy atom. The zero-order chi connectivity index (χ0) is 17.6. The van der Waals surface area contributed by atoms with Gasteiger partial charge in [-0.3, -0.25) is 0 Å². The zero-order valence-electron chi connectivity index (χ0n) is 13.6. The molecule has 3 aromatic rings. The lowest BCUT2D eigenvalue weighted by Gasteiger charge is -2.14. The lowest BCUT2D eigenvalue weighted by atomic mass is 10.1. The van der Waals surface area contributed by atoms with Crippen molar-refractivity contribution in [2.24, 2.45) is 0 Å². The van der Waals surface area contributed by atoms with E-state index in [2.05, 4.69) is 20.9 Å². The number of ether oxygens (including phenoxy) is 2. The number of carbonyl (C=O) groups excluding carboxylic acids is 1. The first-order valence-corrected chi connectivity index (χ1v) is 8.53. The molecule has 0 bridgehead atoms. The third-order valence-corrected chi connectivity index (χ3v) is 4.13. The minimum Gasteiger partial charge on any atom is -0.485 e. The number of pyridine rings is 1. The highest BCUT2D eigenvalue weighted by Crippen LogP contribution is 2.31. The Hall–Kier alpha value is -2.66. The largest absolute Gasteiger partial charge is 0.485 e. The molecule has 0 aliphatic carbocycles. The summed E-state index contributed by atoms with van der Waals surface area (Å²) in [7, 11) is 0. The highest BCUT2D eigenvalue weighted by molar-refractivity contribution is 9.10. The van der Waals surface area contributed by atoms with Crippen molar-refractivity contribution in [1.82, 2.24) is 4.98 Å². The molecule has 0 aliphatic rings. The fourth-order valence-electron chi connectivity index (χ4n) is 2.32. The predicted molar refractivity (Wildman–Crippen MR) is 98.8 cm³/mol. The number of benzene rings is 2. The van der Waals surface area contributed by atoms with Crippen LogP contribution in [0.1, 0.15) is 21.5 Å². The van der Waals surface area contributed by atoms with E-state index in [0.29, 0.717) is 33.8 Å². The molecule has 0 unspecified atom stereocenters. The van der Waals surface area contributed by atoms with E-state index in [0.717, 1.165) is 5.56 Å². The van der Waals surface area contributed by atoms with E-state index >= 15 is 0 Å². The van der Waals surface area contributed by atoms with Crippen molar-refractivity contribution < 1.29 is 14.3 Å². The fourth-order valence-corrected chi connectivity index (χ4v) is 2.74. The molecule has 3 rings (SSSR count). The molecule has 25 heavy (non-hydrogen) atoms. The Bertz CT molecular complexity index is 867. The van der Waals surface area contributed by atoms with Gasteiger partial charge in [0.05, 0.1) is 0 Å². The van der Waals surface area contributed by atoms with Crippen LogP contribution in [0, 0.1) is 6.92 Å². The third kappa shape index (κ3) is 4.25. The maximum atomic E-state index is 12.7. The van der Waals surface area contributed by atoms with E-state index in [1.807, 2.05) is 48.5 Å². The second kappa shape index (κ2) is 7.94. The van der Waals surface area contributed by atoms with Gasteiger partial charge in [-0.25, -0.2) is 9.78 Å². The van der Waals surface area contributed by atoms with Gasteiger partial charge in [0.25, 0.3) is 0 Å². The molecule has 0 fully saturated rings. The predicted octanol–water partition coefficient (Wildman–Crippen LogP) is 4.95. The molecule has 1 heterocycles. The smallest absolute Gasteiger partial charge is 0.347 e. The monoisotopic (exact) mass is 397 g/mol. The summed E-state index contributed by atoms with van der Waals surface area (Å²) in [6, 6.07) is 18.7. The van der Waals surface area contributed by atoms with Crippen molar-refractivity contribution in [3.63, 3.8) is 0 Å². The summed E-state index contributed by atoms with van der Waals surface area (Å²) in [4.78, 5) is 16.9. The van der Waals surface area contributed by atoms with Crippen molar-refractivity contribution >= 4 is 21.9 Å². The zero-order valence-corrected chi connectivity index (χ0v) is 15.2. The van der Waals surface area contributed by atoms with Gasteiger partial charge in [-0.1, -0.05) is 48.5 Å². The van der Waals surface area contributed by atoms with Crippen molar-refractivity contribution in [3.05, 3.63) is 88.2 Å². The van der Waals surface area contributed by atoms with E-state index < -0.39 is 5.97 Å². The normalized spacial score (nSPS) is 10.3. The van der Waals surface area contributed by atoms with E-state index in [4.69, 9.17) is 9.47 Å². The molecule has 0 spiro atoms. The summed E-state index contributed by atoms with van der Waals surface area (Å²) in [5, 5.41) is 0. The quantitative estimate of drug-likeness (QED) is 0.347. The van der Waals surface area contributed by atoms with Crippen molar-refractivity contribution in [2.45, 2.75) is 13.5 Å². The van der Waals surface area contributed by atoms with Crippen LogP contribution in [0.5, 0.6) is 11.5 Å². The number of aryl methyl sites for hydroxylation is 1. The molecule has 0 radical (unpaired) electrons. The average Bonchev–Trinajstić information content (AvgIpc) is 2.64. The molecule has 4 nitrogen and oxygen atoms in total. The maximum Gasteiger partial charge on any atom is 0.347 e. The van der Waals surface area contributed by atoms with Gasteiger partial charge in [-0.05, 0) is 46.1 Å². The van der Waals surface area contributed by atoms with Gasteiger partial charge in [0, 0.05) is 6.20 Å². The molecule has 2 aromatic carbocycles. The molecule has 126 valence electrons. The lowest BCUT2D eigenvalue weighted by molar-refractivity contribution is 0.0728. The van der Waals surface area contributed by atoms with E-state index in [9.17, 15) is 4.79 Å². The van der Waals surface area contributed by atoms with Crippen molar-refractivity contribution in [1.29, 1.82) is 0 Å². The average molecular weight is 398 g/mol. The van der Waals surface area contributed by atoms with Crippen LogP contribution in [0.4, 0.5) is 0 Å². The molecule has 0 saturated carbocycles. The van der Waals surface area contributed by atoms with Gasteiger partial charge in [0.1, 0.15) is 22.5 Å². The van der Waals surface area contributed by atoms with Crippen LogP contribution in [-0.2, 0) is 6.61 Å². The number of hydrogen-bond donors (Lipinski definition) is 0. The van der Waals surface area contributed by atoms with Crippen LogP contribution in [0.15, 0.2) is 71.5 Å². The van der Waals surface area contributed by atoms with E-state index in [1.54, 1.807) is 25.3 Å². The first-order valence-electron chi connectivity index (χ1n) is 7.74. The molecule has 0 saturated heterocycles. The first-order chi connectivity index (χ1) is 12.1. The molecule has 0 aliphatic heterocycles. The number of carbonyl (C=O) groups is 1. The Labute approximate surface area is 154 Å². The van der Waals surface area contributed by atoms with Crippen LogP contribution >= 0.6 is 15.9 Å². The van der Waals surface area contributed by atoms with E-state index in [-0.39, 0.29) is 0 Å². The summed E-state index contributed by atoms with van der Waals surface area (Å²) in [5.41, 5.74) is 2.05. The molecular weight excluding hydrogens is 382 g/mol. The highest BCUT2D eigenvalue weighted by atomic mass is 79.9. The topological polar surface area (TPSA) is 48.4 Å². The number of rotatable bonds is 5. The van der Waals surface area contributed by atoms with Crippen LogP contribution in [0.2, 0.25) is 0 Å². The molecule has 0 N–H and O–H groups in total. The number of para-hydroxylation sites is 1. The van der Waals surface area contributed by atoms with Crippen LogP contribution in [0.3, 0.4) is 0 Å². The maximum absolute atomic E-state index is 12.7. The van der Waals surface area contributed by atoms with Gasteiger partial charge >= 0.3 is 5.97 Å². The van der Waals surface area contributed by atoms with E-state index in [1.165, 1.54) is 0 Å².